The topological polar surface area (TPSA) is 94.3 Å². The summed E-state index contributed by atoms with van der Waals surface area (Å²) in [6, 6.07) is 6.54. The number of anilines is 1. The van der Waals surface area contributed by atoms with Gasteiger partial charge in [0.25, 0.3) is 11.8 Å². The standard InChI is InChI=1S/C29H22F3N7O/c1-37(28(40)20-9-24-23(10-22(20)30)36-27(33)26-13-34-15-38(24)26)25-11-29(31,32)21-8-16(4-7-19(21)25)2-3-17-12-35-39(14-17)18-5-6-18/h4,7-10,12-15,18,25H,5-6,11H2,1H3,(H2,33,36). The van der Waals surface area contributed by atoms with E-state index in [1.165, 1.54) is 31.7 Å². The van der Waals surface area contributed by atoms with Gasteiger partial charge in [-0.05, 0) is 36.6 Å². The fourth-order valence-corrected chi connectivity index (χ4v) is 5.33. The summed E-state index contributed by atoms with van der Waals surface area (Å²) in [5, 5.41) is 4.30. The third-order valence-corrected chi connectivity index (χ3v) is 7.61. The highest BCUT2D eigenvalue weighted by atomic mass is 19.3. The number of nitrogens with zero attached hydrogens (tertiary/aromatic N) is 6. The van der Waals surface area contributed by atoms with Crippen LogP contribution in [0.2, 0.25) is 0 Å². The average molecular weight is 542 g/mol. The van der Waals surface area contributed by atoms with Crippen molar-refractivity contribution in [2.75, 3.05) is 12.8 Å². The highest BCUT2D eigenvalue weighted by Crippen LogP contribution is 2.49. The summed E-state index contributed by atoms with van der Waals surface area (Å²) in [6.45, 7) is 0. The molecule has 3 aromatic heterocycles. The van der Waals surface area contributed by atoms with E-state index in [1.807, 2.05) is 10.9 Å². The van der Waals surface area contributed by atoms with Gasteiger partial charge in [-0.1, -0.05) is 17.9 Å². The Hall–Kier alpha value is -4.85. The van der Waals surface area contributed by atoms with E-state index in [2.05, 4.69) is 26.9 Å². The lowest BCUT2D eigenvalue weighted by Gasteiger charge is -2.26. The Bertz CT molecular complexity index is 1910. The van der Waals surface area contributed by atoms with Crippen LogP contribution in [0.25, 0.3) is 16.6 Å². The summed E-state index contributed by atoms with van der Waals surface area (Å²) in [5.41, 5.74) is 8.11. The molecule has 2 N–H and O–H groups in total. The molecule has 11 heteroatoms. The smallest absolute Gasteiger partial charge is 0.275 e. The number of carbonyl (C=O) groups is 1. The number of alkyl halides is 2. The van der Waals surface area contributed by atoms with Gasteiger partial charge >= 0.3 is 0 Å². The Balaban J connectivity index is 1.20. The molecule has 3 heterocycles. The fourth-order valence-electron chi connectivity index (χ4n) is 5.33. The second-order valence-electron chi connectivity index (χ2n) is 10.3. The van der Waals surface area contributed by atoms with Crippen LogP contribution in [0, 0.1) is 17.7 Å². The predicted octanol–water partition coefficient (Wildman–Crippen LogP) is 4.84. The molecule has 1 unspecified atom stereocenters. The first-order chi connectivity index (χ1) is 19.2. The summed E-state index contributed by atoms with van der Waals surface area (Å²) in [7, 11) is 1.40. The molecule has 2 aromatic carbocycles. The molecule has 2 aliphatic rings. The number of hydrogen-bond donors (Lipinski definition) is 1. The lowest BCUT2D eigenvalue weighted by atomic mass is 10.0. The van der Waals surface area contributed by atoms with Gasteiger partial charge < -0.3 is 10.6 Å². The Morgan fingerprint density at radius 1 is 1.12 bits per heavy atom. The molecule has 0 saturated heterocycles. The molecule has 1 saturated carbocycles. The number of rotatable bonds is 3. The average Bonchev–Trinajstić information content (AvgIpc) is 3.35. The lowest BCUT2D eigenvalue weighted by Crippen LogP contribution is -2.31. The van der Waals surface area contributed by atoms with Gasteiger partial charge in [0, 0.05) is 36.9 Å². The number of nitrogen functional groups attached to an aromatic ring is 1. The quantitative estimate of drug-likeness (QED) is 0.330. The Kier molecular flexibility index (Phi) is 5.19. The lowest BCUT2D eigenvalue weighted by molar-refractivity contribution is -0.0171. The number of fused-ring (bicyclic) bond motifs is 4. The van der Waals surface area contributed by atoms with Crippen LogP contribution >= 0.6 is 0 Å². The molecule has 40 heavy (non-hydrogen) atoms. The Labute approximate surface area is 226 Å². The third kappa shape index (κ3) is 3.87. The normalized spacial score (nSPS) is 17.6. The summed E-state index contributed by atoms with van der Waals surface area (Å²) in [4.78, 5) is 22.9. The molecular weight excluding hydrogens is 519 g/mol. The van der Waals surface area contributed by atoms with Gasteiger partial charge in [-0.3, -0.25) is 13.9 Å². The maximum atomic E-state index is 15.2. The van der Waals surface area contributed by atoms with E-state index >= 15 is 13.2 Å². The highest BCUT2D eigenvalue weighted by Gasteiger charge is 2.47. The van der Waals surface area contributed by atoms with Gasteiger partial charge in [-0.25, -0.2) is 23.1 Å². The molecule has 2 aliphatic carbocycles. The molecule has 8 nitrogen and oxygen atoms in total. The van der Waals surface area contributed by atoms with Gasteiger partial charge in [-0.2, -0.15) is 5.10 Å². The number of carbonyl (C=O) groups excluding carboxylic acids is 1. The van der Waals surface area contributed by atoms with E-state index in [1.54, 1.807) is 22.7 Å². The van der Waals surface area contributed by atoms with Crippen LogP contribution in [0.5, 0.6) is 0 Å². The molecule has 1 fully saturated rings. The monoisotopic (exact) mass is 541 g/mol. The minimum absolute atomic E-state index is 0.169. The molecule has 0 bridgehead atoms. The summed E-state index contributed by atoms with van der Waals surface area (Å²) >= 11 is 0. The van der Waals surface area contributed by atoms with E-state index in [9.17, 15) is 4.79 Å². The molecule has 5 aromatic rings. The van der Waals surface area contributed by atoms with Crippen molar-refractivity contribution in [3.05, 3.63) is 88.9 Å². The zero-order valence-corrected chi connectivity index (χ0v) is 21.3. The number of hydrogen-bond acceptors (Lipinski definition) is 5. The maximum Gasteiger partial charge on any atom is 0.275 e. The van der Waals surface area contributed by atoms with Crippen molar-refractivity contribution < 1.29 is 18.0 Å². The number of imidazole rings is 1. The summed E-state index contributed by atoms with van der Waals surface area (Å²) < 4.78 is 49.0. The minimum Gasteiger partial charge on any atom is -0.382 e. The molecule has 0 aliphatic heterocycles. The van der Waals surface area contributed by atoms with Crippen LogP contribution < -0.4 is 5.73 Å². The van der Waals surface area contributed by atoms with Crippen LogP contribution in [-0.2, 0) is 5.92 Å². The zero-order valence-electron chi connectivity index (χ0n) is 21.3. The fraction of sp³-hybridized carbons (Fsp3) is 0.241. The Morgan fingerprint density at radius 3 is 2.73 bits per heavy atom. The minimum atomic E-state index is -3.19. The number of halogens is 3. The third-order valence-electron chi connectivity index (χ3n) is 7.61. The van der Waals surface area contributed by atoms with Crippen LogP contribution in [-0.4, -0.2) is 42.0 Å². The number of amides is 1. The van der Waals surface area contributed by atoms with Gasteiger partial charge in [-0.15, -0.1) is 0 Å². The van der Waals surface area contributed by atoms with Crippen molar-refractivity contribution >= 4 is 28.3 Å². The van der Waals surface area contributed by atoms with E-state index in [0.29, 0.717) is 33.8 Å². The maximum absolute atomic E-state index is 15.2. The van der Waals surface area contributed by atoms with Gasteiger partial charge in [0.15, 0.2) is 0 Å². The second-order valence-corrected chi connectivity index (χ2v) is 10.3. The van der Waals surface area contributed by atoms with Crippen molar-refractivity contribution in [1.82, 2.24) is 29.0 Å². The molecule has 0 radical (unpaired) electrons. The largest absolute Gasteiger partial charge is 0.382 e. The highest BCUT2D eigenvalue weighted by molar-refractivity contribution is 5.98. The van der Waals surface area contributed by atoms with Crippen LogP contribution in [0.3, 0.4) is 0 Å². The zero-order chi connectivity index (χ0) is 27.8. The second kappa shape index (κ2) is 8.58. The van der Waals surface area contributed by atoms with Crippen molar-refractivity contribution in [2.24, 2.45) is 0 Å². The number of nitrogens with two attached hydrogens (primary N) is 1. The van der Waals surface area contributed by atoms with E-state index < -0.39 is 30.1 Å². The van der Waals surface area contributed by atoms with Crippen molar-refractivity contribution in [3.63, 3.8) is 0 Å². The predicted molar refractivity (Wildman–Crippen MR) is 141 cm³/mol. The van der Waals surface area contributed by atoms with Crippen molar-refractivity contribution in [1.29, 1.82) is 0 Å². The molecular formula is C29H22F3N7O. The number of aromatic nitrogens is 5. The van der Waals surface area contributed by atoms with Crippen LogP contribution in [0.15, 0.2) is 55.2 Å². The van der Waals surface area contributed by atoms with Gasteiger partial charge in [0.2, 0.25) is 0 Å². The molecule has 1 atom stereocenters. The van der Waals surface area contributed by atoms with Crippen LogP contribution in [0.4, 0.5) is 19.0 Å². The number of benzene rings is 2. The molecule has 1 amide bonds. The van der Waals surface area contributed by atoms with E-state index in [0.717, 1.165) is 23.8 Å². The Morgan fingerprint density at radius 2 is 1.93 bits per heavy atom. The first-order valence-electron chi connectivity index (χ1n) is 12.8. The van der Waals surface area contributed by atoms with E-state index in [-0.39, 0.29) is 22.5 Å². The molecule has 0 spiro atoms. The van der Waals surface area contributed by atoms with Gasteiger partial charge in [0.1, 0.15) is 17.2 Å². The summed E-state index contributed by atoms with van der Waals surface area (Å²) in [5.74, 6) is 1.37. The van der Waals surface area contributed by atoms with Crippen LogP contribution in [0.1, 0.15) is 64.0 Å². The molecule has 7 rings (SSSR count). The first kappa shape index (κ1) is 24.2. The first-order valence-corrected chi connectivity index (χ1v) is 12.8. The SMILES string of the molecule is CN(C(=O)c1cc2c(cc1F)nc(N)c1cncn12)C1CC(F)(F)c2cc(C#Cc3cnn(C4CC4)c3)ccc21. The van der Waals surface area contributed by atoms with E-state index in [4.69, 9.17) is 5.73 Å². The van der Waals surface area contributed by atoms with Gasteiger partial charge in [0.05, 0.1) is 53.0 Å². The molecule has 200 valence electrons. The summed E-state index contributed by atoms with van der Waals surface area (Å²) in [6.07, 6.45) is 8.10. The van der Waals surface area contributed by atoms with Crippen molar-refractivity contribution in [2.45, 2.75) is 37.3 Å². The van der Waals surface area contributed by atoms with Crippen molar-refractivity contribution in [3.8, 4) is 11.8 Å².